The van der Waals surface area contributed by atoms with Crippen molar-refractivity contribution in [2.24, 2.45) is 0 Å². The summed E-state index contributed by atoms with van der Waals surface area (Å²) in [5.74, 6) is 0.745. The van der Waals surface area contributed by atoms with Crippen LogP contribution in [-0.4, -0.2) is 25.4 Å². The molecule has 0 aliphatic carbocycles. The number of methoxy groups -OCH3 is 1. The van der Waals surface area contributed by atoms with E-state index in [4.69, 9.17) is 26.2 Å². The van der Waals surface area contributed by atoms with Crippen LogP contribution >= 0.6 is 11.6 Å². The van der Waals surface area contributed by atoms with Gasteiger partial charge in [0.25, 0.3) is 0 Å². The van der Waals surface area contributed by atoms with Crippen LogP contribution in [0.25, 0.3) is 0 Å². The van der Waals surface area contributed by atoms with E-state index in [9.17, 15) is 4.39 Å². The number of hydrogen-bond acceptors (Lipinski definition) is 4. The molecule has 0 aliphatic heterocycles. The molecule has 0 amide bonds. The number of ether oxygens (including phenoxy) is 2. The van der Waals surface area contributed by atoms with Gasteiger partial charge in [-0.2, -0.15) is 0 Å². The van der Waals surface area contributed by atoms with Crippen LogP contribution in [0.4, 0.5) is 4.39 Å². The number of nitrogens with one attached hydrogen (secondary N) is 1. The van der Waals surface area contributed by atoms with Gasteiger partial charge in [0.05, 0.1) is 12.1 Å². The predicted octanol–water partition coefficient (Wildman–Crippen LogP) is 3.93. The van der Waals surface area contributed by atoms with Gasteiger partial charge in [-0.25, -0.2) is 4.39 Å². The SMILES string of the molecule is COc1cc(CNCCCCO)cc(Cl)c1OCc1ccc(F)cc1. The molecule has 0 aliphatic rings. The summed E-state index contributed by atoms with van der Waals surface area (Å²) in [6.45, 7) is 1.96. The smallest absolute Gasteiger partial charge is 0.180 e. The molecule has 2 N–H and O–H groups in total. The van der Waals surface area contributed by atoms with E-state index in [1.54, 1.807) is 19.2 Å². The van der Waals surface area contributed by atoms with Crippen LogP contribution in [0.15, 0.2) is 36.4 Å². The summed E-state index contributed by atoms with van der Waals surface area (Å²) in [6, 6.07) is 9.83. The van der Waals surface area contributed by atoms with Crippen molar-refractivity contribution in [3.05, 3.63) is 58.4 Å². The Kier molecular flexibility index (Phi) is 7.98. The molecule has 0 bridgehead atoms. The van der Waals surface area contributed by atoms with Crippen molar-refractivity contribution in [1.29, 1.82) is 0 Å². The van der Waals surface area contributed by atoms with Gasteiger partial charge >= 0.3 is 0 Å². The maximum Gasteiger partial charge on any atom is 0.180 e. The Hall–Kier alpha value is -1.82. The zero-order valence-electron chi connectivity index (χ0n) is 14.2. The molecule has 2 aromatic rings. The number of aliphatic hydroxyl groups is 1. The van der Waals surface area contributed by atoms with Crippen LogP contribution in [-0.2, 0) is 13.2 Å². The molecule has 0 spiro atoms. The molecule has 0 atom stereocenters. The maximum absolute atomic E-state index is 12.9. The third-order valence-electron chi connectivity index (χ3n) is 3.68. The number of aliphatic hydroxyl groups excluding tert-OH is 1. The van der Waals surface area contributed by atoms with Gasteiger partial charge in [0.1, 0.15) is 12.4 Å². The van der Waals surface area contributed by atoms with Crippen molar-refractivity contribution >= 4 is 11.6 Å². The summed E-state index contributed by atoms with van der Waals surface area (Å²) < 4.78 is 24.1. The lowest BCUT2D eigenvalue weighted by atomic mass is 10.2. The first-order valence-electron chi connectivity index (χ1n) is 8.19. The molecular formula is C19H23ClFNO3. The minimum Gasteiger partial charge on any atom is -0.493 e. The fraction of sp³-hybridized carbons (Fsp3) is 0.368. The third-order valence-corrected chi connectivity index (χ3v) is 3.96. The minimum absolute atomic E-state index is 0.210. The van der Waals surface area contributed by atoms with Gasteiger partial charge in [0.15, 0.2) is 11.5 Å². The Morgan fingerprint density at radius 3 is 2.56 bits per heavy atom. The number of rotatable bonds is 10. The van der Waals surface area contributed by atoms with E-state index in [2.05, 4.69) is 5.32 Å². The van der Waals surface area contributed by atoms with Crippen LogP contribution in [0.3, 0.4) is 0 Å². The molecular weight excluding hydrogens is 345 g/mol. The second-order valence-corrected chi connectivity index (χ2v) is 6.04. The molecule has 0 radical (unpaired) electrons. The average molecular weight is 368 g/mol. The number of halogens is 2. The summed E-state index contributed by atoms with van der Waals surface area (Å²) in [7, 11) is 1.56. The molecule has 0 unspecified atom stereocenters. The lowest BCUT2D eigenvalue weighted by molar-refractivity contribution is 0.283. The molecule has 2 aromatic carbocycles. The minimum atomic E-state index is -0.282. The first-order chi connectivity index (χ1) is 12.1. The average Bonchev–Trinajstić information content (AvgIpc) is 2.61. The highest BCUT2D eigenvalue weighted by Crippen LogP contribution is 2.37. The molecule has 25 heavy (non-hydrogen) atoms. The lowest BCUT2D eigenvalue weighted by Crippen LogP contribution is -2.15. The molecule has 0 fully saturated rings. The Morgan fingerprint density at radius 1 is 1.12 bits per heavy atom. The maximum atomic E-state index is 12.9. The molecule has 136 valence electrons. The van der Waals surface area contributed by atoms with Crippen LogP contribution in [0.5, 0.6) is 11.5 Å². The van der Waals surface area contributed by atoms with Crippen LogP contribution in [0.2, 0.25) is 5.02 Å². The summed E-state index contributed by atoms with van der Waals surface area (Å²) in [4.78, 5) is 0. The topological polar surface area (TPSA) is 50.7 Å². The molecule has 0 saturated carbocycles. The van der Waals surface area contributed by atoms with Crippen molar-refractivity contribution < 1.29 is 19.0 Å². The molecule has 2 rings (SSSR count). The Morgan fingerprint density at radius 2 is 1.88 bits per heavy atom. The summed E-state index contributed by atoms with van der Waals surface area (Å²) in [6.07, 6.45) is 1.70. The van der Waals surface area contributed by atoms with Crippen LogP contribution in [0.1, 0.15) is 24.0 Å². The lowest BCUT2D eigenvalue weighted by Gasteiger charge is -2.15. The van der Waals surface area contributed by atoms with E-state index >= 15 is 0 Å². The standard InChI is InChI=1S/C19H23ClFNO3/c1-24-18-11-15(12-22-8-2-3-9-23)10-17(20)19(18)25-13-14-4-6-16(21)7-5-14/h4-7,10-11,22-23H,2-3,8-9,12-13H2,1H3. The quantitative estimate of drug-likeness (QED) is 0.625. The highest BCUT2D eigenvalue weighted by molar-refractivity contribution is 6.32. The Labute approximate surface area is 152 Å². The molecule has 0 saturated heterocycles. The van der Waals surface area contributed by atoms with Gasteiger partial charge in [-0.05, 0) is 54.8 Å². The fourth-order valence-corrected chi connectivity index (χ4v) is 2.63. The van der Waals surface area contributed by atoms with Gasteiger partial charge in [-0.15, -0.1) is 0 Å². The van der Waals surface area contributed by atoms with Crippen molar-refractivity contribution in [2.75, 3.05) is 20.3 Å². The first-order valence-corrected chi connectivity index (χ1v) is 8.57. The number of unbranched alkanes of at least 4 members (excludes halogenated alkanes) is 1. The molecule has 0 aromatic heterocycles. The number of hydrogen-bond donors (Lipinski definition) is 2. The summed E-state index contributed by atoms with van der Waals surface area (Å²) in [5.41, 5.74) is 1.83. The van der Waals surface area contributed by atoms with E-state index in [0.29, 0.717) is 23.1 Å². The molecule has 6 heteroatoms. The predicted molar refractivity (Wildman–Crippen MR) is 96.8 cm³/mol. The zero-order valence-corrected chi connectivity index (χ0v) is 15.0. The second-order valence-electron chi connectivity index (χ2n) is 5.63. The van der Waals surface area contributed by atoms with Gasteiger partial charge in [-0.1, -0.05) is 23.7 Å². The second kappa shape index (κ2) is 10.2. The number of benzene rings is 2. The third kappa shape index (κ3) is 6.20. The van der Waals surface area contributed by atoms with Crippen LogP contribution in [0, 0.1) is 5.82 Å². The molecule has 0 heterocycles. The van der Waals surface area contributed by atoms with Gasteiger partial charge in [-0.3, -0.25) is 0 Å². The fourth-order valence-electron chi connectivity index (χ4n) is 2.35. The van der Waals surface area contributed by atoms with E-state index in [1.807, 2.05) is 12.1 Å². The van der Waals surface area contributed by atoms with Crippen molar-refractivity contribution in [1.82, 2.24) is 5.32 Å². The first kappa shape index (κ1) is 19.5. The van der Waals surface area contributed by atoms with Crippen molar-refractivity contribution in [2.45, 2.75) is 26.0 Å². The van der Waals surface area contributed by atoms with Gasteiger partial charge in [0.2, 0.25) is 0 Å². The van der Waals surface area contributed by atoms with Gasteiger partial charge < -0.3 is 19.9 Å². The highest BCUT2D eigenvalue weighted by atomic mass is 35.5. The van der Waals surface area contributed by atoms with Gasteiger partial charge in [0, 0.05) is 13.2 Å². The Bertz CT molecular complexity index is 664. The zero-order chi connectivity index (χ0) is 18.1. The molecule has 4 nitrogen and oxygen atoms in total. The van der Waals surface area contributed by atoms with E-state index < -0.39 is 0 Å². The largest absolute Gasteiger partial charge is 0.493 e. The van der Waals surface area contributed by atoms with E-state index in [0.717, 1.165) is 30.5 Å². The summed E-state index contributed by atoms with van der Waals surface area (Å²) >= 11 is 6.34. The summed E-state index contributed by atoms with van der Waals surface area (Å²) in [5, 5.41) is 12.5. The van der Waals surface area contributed by atoms with Crippen LogP contribution < -0.4 is 14.8 Å². The van der Waals surface area contributed by atoms with Crippen molar-refractivity contribution in [3.8, 4) is 11.5 Å². The monoisotopic (exact) mass is 367 g/mol. The van der Waals surface area contributed by atoms with E-state index in [-0.39, 0.29) is 19.0 Å². The van der Waals surface area contributed by atoms with Crippen molar-refractivity contribution in [3.63, 3.8) is 0 Å². The normalized spacial score (nSPS) is 10.7. The Balaban J connectivity index is 1.99. The van der Waals surface area contributed by atoms with E-state index in [1.165, 1.54) is 12.1 Å². The highest BCUT2D eigenvalue weighted by Gasteiger charge is 2.12.